The Bertz CT molecular complexity index is 121. The maximum absolute atomic E-state index is 5.19. The Balaban J connectivity index is 0.000000671. The minimum Gasteiger partial charge on any atom is -0.380 e. The van der Waals surface area contributed by atoms with Crippen LogP contribution in [-0.2, 0) is 4.74 Å². The van der Waals surface area contributed by atoms with Gasteiger partial charge in [-0.05, 0) is 26.6 Å². The van der Waals surface area contributed by atoms with E-state index < -0.39 is 0 Å². The average Bonchev–Trinajstić information content (AvgIpc) is 2.14. The van der Waals surface area contributed by atoms with E-state index in [4.69, 9.17) is 4.74 Å². The summed E-state index contributed by atoms with van der Waals surface area (Å²) in [6.07, 6.45) is 1.28. The molecular formula is C11H25NO. The first-order valence-electron chi connectivity index (χ1n) is 5.42. The van der Waals surface area contributed by atoms with Crippen LogP contribution in [0, 0.1) is 5.41 Å². The van der Waals surface area contributed by atoms with Gasteiger partial charge in [-0.1, -0.05) is 27.7 Å². The third-order valence-electron chi connectivity index (χ3n) is 2.54. The molecule has 0 amide bonds. The molecule has 80 valence electrons. The van der Waals surface area contributed by atoms with Crippen LogP contribution in [0.15, 0.2) is 0 Å². The zero-order chi connectivity index (χ0) is 10.3. The maximum Gasteiger partial charge on any atom is 0.0542 e. The number of ether oxygens (including phenoxy) is 1. The summed E-state index contributed by atoms with van der Waals surface area (Å²) in [5, 5.41) is 0. The molecule has 1 aliphatic heterocycles. The van der Waals surface area contributed by atoms with Crippen molar-refractivity contribution in [3.63, 3.8) is 0 Å². The SMILES string of the molecule is CC.CCN(C)CCC1(C)COC1. The van der Waals surface area contributed by atoms with Gasteiger partial charge in [-0.2, -0.15) is 0 Å². The number of nitrogens with zero attached hydrogens (tertiary/aromatic N) is 1. The van der Waals surface area contributed by atoms with Gasteiger partial charge in [0.05, 0.1) is 13.2 Å². The minimum atomic E-state index is 0.490. The molecular weight excluding hydrogens is 162 g/mol. The van der Waals surface area contributed by atoms with Crippen LogP contribution in [0.5, 0.6) is 0 Å². The highest BCUT2D eigenvalue weighted by Crippen LogP contribution is 2.30. The van der Waals surface area contributed by atoms with Crippen molar-refractivity contribution in [1.82, 2.24) is 4.90 Å². The van der Waals surface area contributed by atoms with E-state index in [1.165, 1.54) is 13.0 Å². The molecule has 0 aliphatic carbocycles. The molecule has 0 aromatic carbocycles. The molecule has 0 spiro atoms. The van der Waals surface area contributed by atoms with Gasteiger partial charge in [-0.25, -0.2) is 0 Å². The van der Waals surface area contributed by atoms with Crippen LogP contribution in [0.1, 0.15) is 34.1 Å². The molecule has 1 fully saturated rings. The maximum atomic E-state index is 5.19. The average molecular weight is 187 g/mol. The molecule has 1 aliphatic rings. The zero-order valence-electron chi connectivity index (χ0n) is 9.89. The first kappa shape index (κ1) is 12.9. The highest BCUT2D eigenvalue weighted by atomic mass is 16.5. The Morgan fingerprint density at radius 1 is 1.31 bits per heavy atom. The Kier molecular flexibility index (Phi) is 6.35. The highest BCUT2D eigenvalue weighted by Gasteiger charge is 2.32. The van der Waals surface area contributed by atoms with Crippen LogP contribution in [-0.4, -0.2) is 38.3 Å². The number of hydrogen-bond donors (Lipinski definition) is 0. The lowest BCUT2D eigenvalue weighted by Gasteiger charge is -2.39. The summed E-state index contributed by atoms with van der Waals surface area (Å²) in [5.41, 5.74) is 0.490. The quantitative estimate of drug-likeness (QED) is 0.670. The fourth-order valence-corrected chi connectivity index (χ4v) is 1.21. The summed E-state index contributed by atoms with van der Waals surface area (Å²) in [7, 11) is 2.17. The fourth-order valence-electron chi connectivity index (χ4n) is 1.21. The van der Waals surface area contributed by atoms with E-state index in [9.17, 15) is 0 Å². The molecule has 2 nitrogen and oxygen atoms in total. The van der Waals surface area contributed by atoms with Crippen LogP contribution < -0.4 is 0 Å². The monoisotopic (exact) mass is 187 g/mol. The number of hydrogen-bond acceptors (Lipinski definition) is 2. The van der Waals surface area contributed by atoms with Crippen LogP contribution >= 0.6 is 0 Å². The van der Waals surface area contributed by atoms with Gasteiger partial charge in [0.15, 0.2) is 0 Å². The van der Waals surface area contributed by atoms with E-state index in [1.807, 2.05) is 13.8 Å². The molecule has 0 aromatic rings. The molecule has 0 aromatic heterocycles. The minimum absolute atomic E-state index is 0.490. The Hall–Kier alpha value is -0.0800. The van der Waals surface area contributed by atoms with Gasteiger partial charge < -0.3 is 9.64 Å². The van der Waals surface area contributed by atoms with Gasteiger partial charge in [-0.3, -0.25) is 0 Å². The third-order valence-corrected chi connectivity index (χ3v) is 2.54. The van der Waals surface area contributed by atoms with Gasteiger partial charge >= 0.3 is 0 Å². The topological polar surface area (TPSA) is 12.5 Å². The first-order valence-corrected chi connectivity index (χ1v) is 5.42. The Morgan fingerprint density at radius 2 is 1.85 bits per heavy atom. The van der Waals surface area contributed by atoms with Crippen molar-refractivity contribution in [2.45, 2.75) is 34.1 Å². The summed E-state index contributed by atoms with van der Waals surface area (Å²) in [6, 6.07) is 0. The second kappa shape index (κ2) is 6.39. The van der Waals surface area contributed by atoms with Gasteiger partial charge in [-0.15, -0.1) is 0 Å². The molecule has 0 unspecified atom stereocenters. The van der Waals surface area contributed by atoms with Crippen molar-refractivity contribution in [2.75, 3.05) is 33.4 Å². The van der Waals surface area contributed by atoms with Crippen LogP contribution in [0.2, 0.25) is 0 Å². The molecule has 0 N–H and O–H groups in total. The first-order chi connectivity index (χ1) is 6.16. The lowest BCUT2D eigenvalue weighted by molar-refractivity contribution is -0.107. The van der Waals surface area contributed by atoms with Gasteiger partial charge in [0.25, 0.3) is 0 Å². The second-order valence-electron chi connectivity index (χ2n) is 3.95. The molecule has 1 rings (SSSR count). The smallest absolute Gasteiger partial charge is 0.0542 e. The van der Waals surface area contributed by atoms with Crippen LogP contribution in [0.4, 0.5) is 0 Å². The summed E-state index contributed by atoms with van der Waals surface area (Å²) in [5.74, 6) is 0. The Morgan fingerprint density at radius 3 is 2.15 bits per heavy atom. The largest absolute Gasteiger partial charge is 0.380 e. The van der Waals surface area contributed by atoms with Gasteiger partial charge in [0.2, 0.25) is 0 Å². The van der Waals surface area contributed by atoms with Gasteiger partial charge in [0, 0.05) is 5.41 Å². The lowest BCUT2D eigenvalue weighted by Crippen LogP contribution is -2.42. The molecule has 0 bridgehead atoms. The van der Waals surface area contributed by atoms with Crippen molar-refractivity contribution < 1.29 is 4.74 Å². The molecule has 1 saturated heterocycles. The molecule has 13 heavy (non-hydrogen) atoms. The van der Waals surface area contributed by atoms with Crippen molar-refractivity contribution in [3.05, 3.63) is 0 Å². The van der Waals surface area contributed by atoms with Crippen molar-refractivity contribution >= 4 is 0 Å². The fraction of sp³-hybridized carbons (Fsp3) is 1.00. The van der Waals surface area contributed by atoms with Crippen LogP contribution in [0.3, 0.4) is 0 Å². The Labute approximate surface area is 83.3 Å². The number of rotatable bonds is 4. The van der Waals surface area contributed by atoms with E-state index in [-0.39, 0.29) is 0 Å². The molecule has 2 heteroatoms. The third kappa shape index (κ3) is 4.63. The molecule has 0 radical (unpaired) electrons. The van der Waals surface area contributed by atoms with E-state index >= 15 is 0 Å². The summed E-state index contributed by atoms with van der Waals surface area (Å²) in [6.45, 7) is 12.8. The molecule has 0 atom stereocenters. The highest BCUT2D eigenvalue weighted by molar-refractivity contribution is 4.81. The lowest BCUT2D eigenvalue weighted by atomic mass is 9.85. The molecule has 1 heterocycles. The van der Waals surface area contributed by atoms with E-state index in [1.54, 1.807) is 0 Å². The second-order valence-corrected chi connectivity index (χ2v) is 3.95. The van der Waals surface area contributed by atoms with Crippen molar-refractivity contribution in [1.29, 1.82) is 0 Å². The normalized spacial score (nSPS) is 18.9. The van der Waals surface area contributed by atoms with Crippen molar-refractivity contribution in [3.8, 4) is 0 Å². The van der Waals surface area contributed by atoms with Crippen LogP contribution in [0.25, 0.3) is 0 Å². The van der Waals surface area contributed by atoms with Crippen molar-refractivity contribution in [2.24, 2.45) is 5.41 Å². The summed E-state index contributed by atoms with van der Waals surface area (Å²) >= 11 is 0. The summed E-state index contributed by atoms with van der Waals surface area (Å²) < 4.78 is 5.19. The molecule has 0 saturated carbocycles. The van der Waals surface area contributed by atoms with E-state index in [2.05, 4.69) is 25.8 Å². The zero-order valence-corrected chi connectivity index (χ0v) is 9.89. The van der Waals surface area contributed by atoms with E-state index in [0.29, 0.717) is 5.41 Å². The standard InChI is InChI=1S/C9H19NO.C2H6/c1-4-10(3)6-5-9(2)7-11-8-9;1-2/h4-8H2,1-3H3;1-2H3. The summed E-state index contributed by atoms with van der Waals surface area (Å²) in [4.78, 5) is 2.35. The predicted octanol–water partition coefficient (Wildman–Crippen LogP) is 2.39. The van der Waals surface area contributed by atoms with E-state index in [0.717, 1.165) is 19.8 Å². The van der Waals surface area contributed by atoms with Gasteiger partial charge in [0.1, 0.15) is 0 Å². The predicted molar refractivity (Wildman–Crippen MR) is 58.1 cm³/mol.